The third-order valence-electron chi connectivity index (χ3n) is 7.58. The van der Waals surface area contributed by atoms with Gasteiger partial charge < -0.3 is 10.6 Å². The van der Waals surface area contributed by atoms with Crippen molar-refractivity contribution in [3.8, 4) is 0 Å². The first-order valence-electron chi connectivity index (χ1n) is 13.4. The van der Waals surface area contributed by atoms with E-state index in [0.717, 1.165) is 50.0 Å². The number of carbonyl (C=O) groups is 1. The summed E-state index contributed by atoms with van der Waals surface area (Å²) in [6, 6.07) is 17.2. The van der Waals surface area contributed by atoms with Gasteiger partial charge in [-0.05, 0) is 91.5 Å². The van der Waals surface area contributed by atoms with Crippen molar-refractivity contribution >= 4 is 35.1 Å². The van der Waals surface area contributed by atoms with Gasteiger partial charge in [-0.2, -0.15) is 0 Å². The second-order valence-corrected chi connectivity index (χ2v) is 12.4. The molecular weight excluding hydrogens is 492 g/mol. The van der Waals surface area contributed by atoms with Crippen LogP contribution in [0.3, 0.4) is 0 Å². The van der Waals surface area contributed by atoms with Crippen molar-refractivity contribution in [2.45, 2.75) is 68.6 Å². The van der Waals surface area contributed by atoms with Crippen molar-refractivity contribution in [3.63, 3.8) is 0 Å². The number of anilines is 1. The molecule has 3 nitrogen and oxygen atoms in total. The van der Waals surface area contributed by atoms with Crippen LogP contribution in [0, 0.1) is 12.8 Å². The normalized spacial score (nSPS) is 20.3. The third-order valence-corrected chi connectivity index (χ3v) is 9.97. The molecule has 0 saturated heterocycles. The summed E-state index contributed by atoms with van der Waals surface area (Å²) in [5, 5.41) is 1.34. The van der Waals surface area contributed by atoms with Gasteiger partial charge in [0.2, 0.25) is 5.91 Å². The zero-order chi connectivity index (χ0) is 25.9. The molecule has 3 aliphatic rings. The number of aryl methyl sites for hydroxylation is 1. The average Bonchev–Trinajstić information content (AvgIpc) is 3.29. The number of nitrogens with two attached hydrogens (primary N) is 1. The molecule has 5 rings (SSSR count). The first-order chi connectivity index (χ1) is 18.0. The first kappa shape index (κ1) is 26.0. The van der Waals surface area contributed by atoms with Crippen LogP contribution < -0.4 is 10.6 Å². The Kier molecular flexibility index (Phi) is 8.01. The topological polar surface area (TPSA) is 46.3 Å². The summed E-state index contributed by atoms with van der Waals surface area (Å²) >= 11 is 3.63. The Bertz CT molecular complexity index is 1320. The quantitative estimate of drug-likeness (QED) is 0.349. The summed E-state index contributed by atoms with van der Waals surface area (Å²) in [7, 11) is 0. The number of hydrogen-bond acceptors (Lipinski definition) is 4. The van der Waals surface area contributed by atoms with Crippen LogP contribution in [0.15, 0.2) is 103 Å². The minimum atomic E-state index is -0.198. The molecule has 0 radical (unpaired) electrons. The Morgan fingerprint density at radius 2 is 1.95 bits per heavy atom. The van der Waals surface area contributed by atoms with Crippen LogP contribution in [0.5, 0.6) is 0 Å². The Hall–Kier alpha value is -2.63. The van der Waals surface area contributed by atoms with Gasteiger partial charge in [0.15, 0.2) is 0 Å². The van der Waals surface area contributed by atoms with Crippen molar-refractivity contribution in [1.29, 1.82) is 0 Å². The van der Waals surface area contributed by atoms with Gasteiger partial charge >= 0.3 is 0 Å². The molecule has 2 aromatic rings. The van der Waals surface area contributed by atoms with Crippen molar-refractivity contribution in [2.75, 3.05) is 11.4 Å². The Labute approximate surface area is 230 Å². The third kappa shape index (κ3) is 5.49. The monoisotopic (exact) mass is 528 g/mol. The number of thioether (sulfide) groups is 2. The van der Waals surface area contributed by atoms with E-state index < -0.39 is 0 Å². The molecule has 37 heavy (non-hydrogen) atoms. The molecular formula is C32H36N2OS2. The van der Waals surface area contributed by atoms with Gasteiger partial charge in [0.1, 0.15) is 0 Å². The second-order valence-electron chi connectivity index (χ2n) is 10.2. The Morgan fingerprint density at radius 1 is 1.16 bits per heavy atom. The number of hydrogen-bond donors (Lipinski definition) is 1. The van der Waals surface area contributed by atoms with Crippen molar-refractivity contribution in [1.82, 2.24) is 0 Å². The van der Waals surface area contributed by atoms with Gasteiger partial charge in [-0.25, -0.2) is 0 Å². The Balaban J connectivity index is 1.57. The molecule has 0 spiro atoms. The van der Waals surface area contributed by atoms with E-state index in [4.69, 9.17) is 5.73 Å². The van der Waals surface area contributed by atoms with Crippen LogP contribution >= 0.6 is 23.5 Å². The molecule has 1 unspecified atom stereocenters. The summed E-state index contributed by atoms with van der Waals surface area (Å²) in [5.74, 6) is -0.379. The van der Waals surface area contributed by atoms with E-state index in [1.807, 2.05) is 11.8 Å². The summed E-state index contributed by atoms with van der Waals surface area (Å²) in [6.07, 6.45) is 9.16. The highest BCUT2D eigenvalue weighted by molar-refractivity contribution is 8.03. The molecule has 5 heteroatoms. The first-order valence-corrected chi connectivity index (χ1v) is 15.0. The van der Waals surface area contributed by atoms with Crippen molar-refractivity contribution in [2.24, 2.45) is 11.7 Å². The number of unbranched alkanes of at least 4 members (excludes halogenated alkanes) is 1. The van der Waals surface area contributed by atoms with Gasteiger partial charge in [0, 0.05) is 27.2 Å². The van der Waals surface area contributed by atoms with Gasteiger partial charge in [0.05, 0.1) is 10.7 Å². The molecule has 0 fully saturated rings. The minimum Gasteiger partial charge on any atom is -0.369 e. The van der Waals surface area contributed by atoms with Crippen LogP contribution in [0.25, 0.3) is 0 Å². The predicted octanol–water partition coefficient (Wildman–Crippen LogP) is 8.53. The fourth-order valence-electron chi connectivity index (χ4n) is 5.55. The molecule has 0 saturated carbocycles. The number of rotatable bonds is 8. The van der Waals surface area contributed by atoms with E-state index >= 15 is 0 Å². The second kappa shape index (κ2) is 11.4. The number of amides is 1. The zero-order valence-electron chi connectivity index (χ0n) is 21.9. The Morgan fingerprint density at radius 3 is 2.73 bits per heavy atom. The van der Waals surface area contributed by atoms with Gasteiger partial charge in [-0.1, -0.05) is 79.9 Å². The number of benzene rings is 2. The highest BCUT2D eigenvalue weighted by Gasteiger charge is 2.34. The summed E-state index contributed by atoms with van der Waals surface area (Å²) in [5.41, 5.74) is 13.8. The number of fused-ring (bicyclic) bond motifs is 3. The maximum atomic E-state index is 12.6. The van der Waals surface area contributed by atoms with Crippen LogP contribution in [-0.2, 0) is 4.79 Å². The molecule has 2 heterocycles. The smallest absolute Gasteiger partial charge is 0.221 e. The van der Waals surface area contributed by atoms with Crippen LogP contribution in [0.2, 0.25) is 0 Å². The fourth-order valence-corrected chi connectivity index (χ4v) is 7.84. The van der Waals surface area contributed by atoms with Crippen LogP contribution in [0.4, 0.5) is 5.69 Å². The number of allylic oxidation sites excluding steroid dienone is 5. The SMILES string of the molecule is C=C(Sc1ccccc1C)/C(CCCC)=C1/C=C(C2=C3Sc4ccccc4N3CCC2)CC(C(N)=O)C1. The van der Waals surface area contributed by atoms with E-state index in [1.165, 1.54) is 48.4 Å². The number of primary amides is 1. The summed E-state index contributed by atoms with van der Waals surface area (Å²) < 4.78 is 0. The molecule has 2 aromatic carbocycles. The van der Waals surface area contributed by atoms with Gasteiger partial charge in [-0.3, -0.25) is 4.79 Å². The summed E-state index contributed by atoms with van der Waals surface area (Å²) in [6.45, 7) is 9.97. The van der Waals surface area contributed by atoms with E-state index in [0.29, 0.717) is 6.42 Å². The van der Waals surface area contributed by atoms with Gasteiger partial charge in [0.25, 0.3) is 0 Å². The maximum Gasteiger partial charge on any atom is 0.221 e. The molecule has 2 aliphatic heterocycles. The van der Waals surface area contributed by atoms with Crippen LogP contribution in [-0.4, -0.2) is 12.5 Å². The molecule has 2 N–H and O–H groups in total. The highest BCUT2D eigenvalue weighted by atomic mass is 32.2. The van der Waals surface area contributed by atoms with E-state index in [9.17, 15) is 4.79 Å². The maximum absolute atomic E-state index is 12.6. The number of nitrogens with zero attached hydrogens (tertiary/aromatic N) is 1. The van der Waals surface area contributed by atoms with Crippen LogP contribution in [0.1, 0.15) is 57.4 Å². The minimum absolute atomic E-state index is 0.180. The lowest BCUT2D eigenvalue weighted by atomic mass is 9.79. The average molecular weight is 529 g/mol. The zero-order valence-corrected chi connectivity index (χ0v) is 23.5. The number of carbonyl (C=O) groups excluding carboxylic acids is 1. The molecule has 1 amide bonds. The van der Waals surface area contributed by atoms with Crippen molar-refractivity contribution in [3.05, 3.63) is 99.0 Å². The number of para-hydroxylation sites is 1. The fraction of sp³-hybridized carbons (Fsp3) is 0.344. The molecule has 0 aromatic heterocycles. The molecule has 1 atom stereocenters. The van der Waals surface area contributed by atoms with Crippen molar-refractivity contribution < 1.29 is 4.79 Å². The van der Waals surface area contributed by atoms with Gasteiger partial charge in [-0.15, -0.1) is 0 Å². The summed E-state index contributed by atoms with van der Waals surface area (Å²) in [4.78, 5) is 18.7. The van der Waals surface area contributed by atoms with E-state index in [1.54, 1.807) is 11.8 Å². The van der Waals surface area contributed by atoms with E-state index in [2.05, 4.69) is 79.9 Å². The predicted molar refractivity (Wildman–Crippen MR) is 159 cm³/mol. The largest absolute Gasteiger partial charge is 0.369 e. The molecule has 1 aliphatic carbocycles. The van der Waals surface area contributed by atoms with E-state index in [-0.39, 0.29) is 11.8 Å². The highest BCUT2D eigenvalue weighted by Crippen LogP contribution is 2.52. The lowest BCUT2D eigenvalue weighted by Crippen LogP contribution is -2.29. The standard InChI is InChI=1S/C32H36N2OS2/c1-4-5-12-26(22(3)36-29-15-8-6-11-21(29)2)23-18-24(20-25(19-23)31(33)35)27-13-10-17-34-28-14-7-9-16-30(28)37-32(27)34/h6-9,11,14-16,18,25H,3-5,10,12-13,17,19-20H2,1-2H3,(H2,33,35)/b26-23-. The lowest BCUT2D eigenvalue weighted by Gasteiger charge is -2.32. The molecule has 0 bridgehead atoms. The lowest BCUT2D eigenvalue weighted by molar-refractivity contribution is -0.121. The molecule has 192 valence electrons.